The summed E-state index contributed by atoms with van der Waals surface area (Å²) in [4.78, 5) is 13.4. The molecule has 1 atom stereocenters. The minimum absolute atomic E-state index is 0.0904. The lowest BCUT2D eigenvalue weighted by atomic mass is 9.93. The van der Waals surface area contributed by atoms with Gasteiger partial charge >= 0.3 is 0 Å². The fourth-order valence-corrected chi connectivity index (χ4v) is 2.42. The number of hydrogen-bond acceptors (Lipinski definition) is 4. The van der Waals surface area contributed by atoms with Gasteiger partial charge < -0.3 is 5.73 Å². The highest BCUT2D eigenvalue weighted by molar-refractivity contribution is 5.54. The van der Waals surface area contributed by atoms with Crippen molar-refractivity contribution in [3.63, 3.8) is 0 Å². The van der Waals surface area contributed by atoms with E-state index in [0.717, 1.165) is 41.8 Å². The van der Waals surface area contributed by atoms with E-state index in [4.69, 9.17) is 5.73 Å². The van der Waals surface area contributed by atoms with Crippen LogP contribution in [-0.4, -0.2) is 15.0 Å². The van der Waals surface area contributed by atoms with Crippen LogP contribution in [0.15, 0.2) is 24.5 Å². The predicted molar refractivity (Wildman–Crippen MR) is 69.9 cm³/mol. The zero-order valence-electron chi connectivity index (χ0n) is 10.4. The Morgan fingerprint density at radius 2 is 2.22 bits per heavy atom. The molecule has 0 spiro atoms. The minimum Gasteiger partial charge on any atom is -0.324 e. The van der Waals surface area contributed by atoms with Gasteiger partial charge in [0.2, 0.25) is 0 Å². The molecule has 2 heterocycles. The second-order valence-electron chi connectivity index (χ2n) is 4.76. The summed E-state index contributed by atoms with van der Waals surface area (Å²) < 4.78 is 0. The van der Waals surface area contributed by atoms with Crippen molar-refractivity contribution in [3.05, 3.63) is 41.3 Å². The minimum atomic E-state index is 0.0904. The van der Waals surface area contributed by atoms with Gasteiger partial charge in [-0.05, 0) is 37.8 Å². The van der Waals surface area contributed by atoms with E-state index in [1.807, 2.05) is 25.3 Å². The molecule has 0 fully saturated rings. The van der Waals surface area contributed by atoms with E-state index in [-0.39, 0.29) is 6.04 Å². The maximum atomic E-state index is 6.07. The second-order valence-corrected chi connectivity index (χ2v) is 4.76. The Morgan fingerprint density at radius 3 is 3.06 bits per heavy atom. The van der Waals surface area contributed by atoms with Gasteiger partial charge in [0.25, 0.3) is 0 Å². The van der Waals surface area contributed by atoms with E-state index < -0.39 is 0 Å². The molecular weight excluding hydrogens is 224 g/mol. The maximum Gasteiger partial charge on any atom is 0.178 e. The highest BCUT2D eigenvalue weighted by Crippen LogP contribution is 2.27. The lowest BCUT2D eigenvalue weighted by molar-refractivity contribution is 0.557. The molecule has 0 radical (unpaired) electrons. The lowest BCUT2D eigenvalue weighted by Crippen LogP contribution is -2.19. The summed E-state index contributed by atoms with van der Waals surface area (Å²) in [5.74, 6) is 0.709. The SMILES string of the molecule is Cc1cccnc1-c1ncc2c(n1)CCCC2N. The van der Waals surface area contributed by atoms with E-state index in [0.29, 0.717) is 5.82 Å². The second kappa shape index (κ2) is 4.46. The van der Waals surface area contributed by atoms with Crippen LogP contribution in [0.2, 0.25) is 0 Å². The van der Waals surface area contributed by atoms with Crippen LogP contribution in [-0.2, 0) is 6.42 Å². The van der Waals surface area contributed by atoms with Crippen LogP contribution in [0.5, 0.6) is 0 Å². The summed E-state index contributed by atoms with van der Waals surface area (Å²) in [6.07, 6.45) is 6.76. The normalized spacial score (nSPS) is 18.4. The van der Waals surface area contributed by atoms with Gasteiger partial charge in [-0.2, -0.15) is 0 Å². The molecule has 4 nitrogen and oxygen atoms in total. The number of rotatable bonds is 1. The lowest BCUT2D eigenvalue weighted by Gasteiger charge is -2.21. The van der Waals surface area contributed by atoms with E-state index in [1.165, 1.54) is 0 Å². The van der Waals surface area contributed by atoms with Gasteiger partial charge in [0.1, 0.15) is 5.69 Å². The zero-order chi connectivity index (χ0) is 12.5. The predicted octanol–water partition coefficient (Wildman–Crippen LogP) is 2.18. The number of aromatic nitrogens is 3. The third-order valence-corrected chi connectivity index (χ3v) is 3.45. The Kier molecular flexibility index (Phi) is 2.80. The molecule has 18 heavy (non-hydrogen) atoms. The molecule has 0 aliphatic heterocycles. The smallest absolute Gasteiger partial charge is 0.178 e. The molecule has 2 aromatic heterocycles. The van der Waals surface area contributed by atoms with Crippen molar-refractivity contribution < 1.29 is 0 Å². The van der Waals surface area contributed by atoms with E-state index in [1.54, 1.807) is 6.20 Å². The van der Waals surface area contributed by atoms with Crippen LogP contribution in [0.1, 0.15) is 35.7 Å². The van der Waals surface area contributed by atoms with Gasteiger partial charge in [0, 0.05) is 29.7 Å². The van der Waals surface area contributed by atoms with Crippen LogP contribution in [0.25, 0.3) is 11.5 Å². The molecule has 0 saturated heterocycles. The topological polar surface area (TPSA) is 64.7 Å². The summed E-state index contributed by atoms with van der Waals surface area (Å²) in [6, 6.07) is 4.04. The molecule has 0 bridgehead atoms. The Morgan fingerprint density at radius 1 is 1.33 bits per heavy atom. The van der Waals surface area contributed by atoms with E-state index in [2.05, 4.69) is 15.0 Å². The third-order valence-electron chi connectivity index (χ3n) is 3.45. The first-order valence-corrected chi connectivity index (χ1v) is 6.29. The van der Waals surface area contributed by atoms with Crippen molar-refractivity contribution in [2.75, 3.05) is 0 Å². The van der Waals surface area contributed by atoms with Crippen molar-refractivity contribution in [2.45, 2.75) is 32.2 Å². The number of nitrogens with two attached hydrogens (primary N) is 1. The molecule has 4 heteroatoms. The zero-order valence-corrected chi connectivity index (χ0v) is 10.4. The number of pyridine rings is 1. The first-order chi connectivity index (χ1) is 8.75. The van der Waals surface area contributed by atoms with Crippen LogP contribution in [0.3, 0.4) is 0 Å². The van der Waals surface area contributed by atoms with Gasteiger partial charge in [-0.3, -0.25) is 4.98 Å². The monoisotopic (exact) mass is 240 g/mol. The van der Waals surface area contributed by atoms with Gasteiger partial charge in [0.15, 0.2) is 5.82 Å². The van der Waals surface area contributed by atoms with Crippen LogP contribution >= 0.6 is 0 Å². The Labute approximate surface area is 106 Å². The van der Waals surface area contributed by atoms with Crippen LogP contribution < -0.4 is 5.73 Å². The van der Waals surface area contributed by atoms with Crippen molar-refractivity contribution in [3.8, 4) is 11.5 Å². The van der Waals surface area contributed by atoms with Gasteiger partial charge in [-0.1, -0.05) is 6.07 Å². The first kappa shape index (κ1) is 11.3. The van der Waals surface area contributed by atoms with Crippen LogP contribution in [0.4, 0.5) is 0 Å². The molecule has 1 unspecified atom stereocenters. The summed E-state index contributed by atoms with van der Waals surface area (Å²) in [7, 11) is 0. The van der Waals surface area contributed by atoms with Crippen LogP contribution in [0, 0.1) is 6.92 Å². The molecule has 3 rings (SSSR count). The standard InChI is InChI=1S/C14H16N4/c1-9-4-3-7-16-13(9)14-17-8-10-11(15)5-2-6-12(10)18-14/h3-4,7-8,11H,2,5-6,15H2,1H3. The molecule has 0 aromatic carbocycles. The Bertz CT molecular complexity index is 580. The highest BCUT2D eigenvalue weighted by atomic mass is 14.9. The molecule has 0 saturated carbocycles. The van der Waals surface area contributed by atoms with Crippen molar-refractivity contribution in [1.82, 2.24) is 15.0 Å². The van der Waals surface area contributed by atoms with Crippen molar-refractivity contribution >= 4 is 0 Å². The Balaban J connectivity index is 2.08. The fourth-order valence-electron chi connectivity index (χ4n) is 2.42. The maximum absolute atomic E-state index is 6.07. The van der Waals surface area contributed by atoms with Gasteiger partial charge in [0.05, 0.1) is 0 Å². The number of aryl methyl sites for hydroxylation is 2. The molecule has 2 N–H and O–H groups in total. The molecular formula is C14H16N4. The quantitative estimate of drug-likeness (QED) is 0.829. The summed E-state index contributed by atoms with van der Waals surface area (Å²) in [5, 5.41) is 0. The first-order valence-electron chi connectivity index (χ1n) is 6.29. The summed E-state index contributed by atoms with van der Waals surface area (Å²) in [6.45, 7) is 2.02. The van der Waals surface area contributed by atoms with E-state index >= 15 is 0 Å². The fraction of sp³-hybridized carbons (Fsp3) is 0.357. The van der Waals surface area contributed by atoms with Crippen molar-refractivity contribution in [2.24, 2.45) is 5.73 Å². The molecule has 92 valence electrons. The third kappa shape index (κ3) is 1.88. The average Bonchev–Trinajstić information content (AvgIpc) is 2.39. The molecule has 1 aliphatic carbocycles. The summed E-state index contributed by atoms with van der Waals surface area (Å²) >= 11 is 0. The Hall–Kier alpha value is -1.81. The number of nitrogens with zero attached hydrogens (tertiary/aromatic N) is 3. The van der Waals surface area contributed by atoms with Gasteiger partial charge in [-0.25, -0.2) is 9.97 Å². The highest BCUT2D eigenvalue weighted by Gasteiger charge is 2.19. The summed E-state index contributed by atoms with van der Waals surface area (Å²) in [5.41, 5.74) is 10.2. The number of fused-ring (bicyclic) bond motifs is 1. The number of hydrogen-bond donors (Lipinski definition) is 1. The van der Waals surface area contributed by atoms with Crippen molar-refractivity contribution in [1.29, 1.82) is 0 Å². The van der Waals surface area contributed by atoms with E-state index in [9.17, 15) is 0 Å². The van der Waals surface area contributed by atoms with Gasteiger partial charge in [-0.15, -0.1) is 0 Å². The molecule has 1 aliphatic rings. The molecule has 0 amide bonds. The average molecular weight is 240 g/mol. The molecule has 2 aromatic rings. The largest absolute Gasteiger partial charge is 0.324 e.